The van der Waals surface area contributed by atoms with Crippen LogP contribution in [0.2, 0.25) is 0 Å². The minimum atomic E-state index is -0.651. The lowest BCUT2D eigenvalue weighted by Gasteiger charge is -2.23. The molecule has 2 aromatic heterocycles. The van der Waals surface area contributed by atoms with Crippen molar-refractivity contribution in [2.45, 2.75) is 18.6 Å². The molecule has 2 atom stereocenters. The fourth-order valence-corrected chi connectivity index (χ4v) is 3.86. The highest BCUT2D eigenvalue weighted by Crippen LogP contribution is 2.27. The van der Waals surface area contributed by atoms with Gasteiger partial charge in [0, 0.05) is 43.2 Å². The van der Waals surface area contributed by atoms with Gasteiger partial charge in [0.25, 0.3) is 5.91 Å². The van der Waals surface area contributed by atoms with E-state index in [1.165, 1.54) is 0 Å². The molecule has 3 heterocycles. The largest absolute Gasteiger partial charge is 0.497 e. The lowest BCUT2D eigenvalue weighted by molar-refractivity contribution is -0.125. The summed E-state index contributed by atoms with van der Waals surface area (Å²) < 4.78 is 16.3. The summed E-state index contributed by atoms with van der Waals surface area (Å²) in [6, 6.07) is 10.3. The third kappa shape index (κ3) is 4.67. The maximum atomic E-state index is 13.4. The molecule has 3 aromatic rings. The van der Waals surface area contributed by atoms with Crippen LogP contribution < -0.4 is 14.8 Å². The van der Waals surface area contributed by atoms with Crippen molar-refractivity contribution in [3.05, 3.63) is 54.5 Å². The molecule has 9 heteroatoms. The van der Waals surface area contributed by atoms with Gasteiger partial charge in [-0.2, -0.15) is 0 Å². The summed E-state index contributed by atoms with van der Waals surface area (Å²) in [7, 11) is 3.16. The molecule has 1 aromatic carbocycles. The summed E-state index contributed by atoms with van der Waals surface area (Å²) in [6.07, 6.45) is 3.33. The third-order valence-corrected chi connectivity index (χ3v) is 5.43. The lowest BCUT2D eigenvalue weighted by atomic mass is 10.1. The van der Waals surface area contributed by atoms with Crippen molar-refractivity contribution in [1.29, 1.82) is 0 Å². The number of likely N-dealkylation sites (tertiary alicyclic amines) is 1. The van der Waals surface area contributed by atoms with Crippen LogP contribution in [0.15, 0.2) is 48.8 Å². The fraction of sp³-hybridized carbons (Fsp3) is 0.348. The number of methoxy groups -OCH3 is 2. The summed E-state index contributed by atoms with van der Waals surface area (Å²) in [5.74, 6) is 0.803. The second kappa shape index (κ2) is 9.69. The highest BCUT2D eigenvalue weighted by molar-refractivity contribution is 6.00. The number of amides is 2. The molecule has 0 bridgehead atoms. The molecule has 1 aliphatic rings. The Labute approximate surface area is 185 Å². The maximum absolute atomic E-state index is 13.4. The van der Waals surface area contributed by atoms with Gasteiger partial charge >= 0.3 is 0 Å². The Morgan fingerprint density at radius 2 is 2.09 bits per heavy atom. The lowest BCUT2D eigenvalue weighted by Crippen LogP contribution is -2.46. The van der Waals surface area contributed by atoms with Gasteiger partial charge in [-0.3, -0.25) is 14.6 Å². The molecule has 0 unspecified atom stereocenters. The summed E-state index contributed by atoms with van der Waals surface area (Å²) in [6.45, 7) is 1.05. The Hall–Kier alpha value is -3.59. The van der Waals surface area contributed by atoms with E-state index in [9.17, 15) is 9.59 Å². The molecule has 0 radical (unpaired) electrons. The average Bonchev–Trinajstić information content (AvgIpc) is 3.43. The number of aromatic nitrogens is 2. The number of pyridine rings is 1. The highest BCUT2D eigenvalue weighted by atomic mass is 16.5. The first-order chi connectivity index (χ1) is 15.6. The summed E-state index contributed by atoms with van der Waals surface area (Å²) in [5, 5.41) is 3.72. The van der Waals surface area contributed by atoms with Crippen molar-refractivity contribution in [3.8, 4) is 11.5 Å². The topological polar surface area (TPSA) is 106 Å². The second-order valence-corrected chi connectivity index (χ2v) is 7.56. The van der Waals surface area contributed by atoms with Crippen molar-refractivity contribution >= 4 is 22.7 Å². The van der Waals surface area contributed by atoms with Crippen molar-refractivity contribution in [2.75, 3.05) is 33.9 Å². The van der Waals surface area contributed by atoms with E-state index in [-0.39, 0.29) is 24.5 Å². The first-order valence-electron chi connectivity index (χ1n) is 10.4. The van der Waals surface area contributed by atoms with E-state index in [0.717, 1.165) is 10.9 Å². The Kier molecular flexibility index (Phi) is 6.55. The van der Waals surface area contributed by atoms with Gasteiger partial charge in [-0.05, 0) is 30.3 Å². The minimum Gasteiger partial charge on any atom is -0.497 e. The Bertz CT molecular complexity index is 1080. The molecule has 4 rings (SSSR count). The second-order valence-electron chi connectivity index (χ2n) is 7.56. The number of ether oxygens (including phenoxy) is 3. The zero-order chi connectivity index (χ0) is 22.5. The molecule has 0 saturated carbocycles. The number of benzene rings is 1. The van der Waals surface area contributed by atoms with Crippen LogP contribution in [0.5, 0.6) is 11.5 Å². The van der Waals surface area contributed by atoms with Gasteiger partial charge in [0.15, 0.2) is 0 Å². The molecule has 0 aliphatic carbocycles. The zero-order valence-electron chi connectivity index (χ0n) is 18.0. The number of hydrogen-bond acceptors (Lipinski definition) is 6. The predicted octanol–water partition coefficient (Wildman–Crippen LogP) is 2.00. The van der Waals surface area contributed by atoms with Gasteiger partial charge in [0.05, 0.1) is 26.5 Å². The van der Waals surface area contributed by atoms with Crippen LogP contribution >= 0.6 is 0 Å². The van der Waals surface area contributed by atoms with Crippen LogP contribution in [0, 0.1) is 0 Å². The fourth-order valence-electron chi connectivity index (χ4n) is 3.86. The molecule has 9 nitrogen and oxygen atoms in total. The van der Waals surface area contributed by atoms with Gasteiger partial charge in [0.1, 0.15) is 29.3 Å². The van der Waals surface area contributed by atoms with Crippen LogP contribution in [-0.2, 0) is 9.53 Å². The molecule has 2 amide bonds. The molecule has 1 saturated heterocycles. The van der Waals surface area contributed by atoms with E-state index in [0.29, 0.717) is 36.8 Å². The molecule has 2 N–H and O–H groups in total. The summed E-state index contributed by atoms with van der Waals surface area (Å²) in [5.41, 5.74) is 1.20. The standard InChI is InChI=1S/C23H26N4O5/c1-30-9-8-25-22(28)21-12-18(32-17-4-3-7-24-13-17)14-27(21)23(29)20-10-15-5-6-16(31-2)11-19(15)26-20/h3-7,10-11,13,18,21,26H,8-9,12,14H2,1-2H3,(H,25,28)/t18-,21-/m0/s1. The number of fused-ring (bicyclic) bond motifs is 1. The molecule has 1 aliphatic heterocycles. The van der Waals surface area contributed by atoms with Crippen molar-refractivity contribution in [3.63, 3.8) is 0 Å². The number of carbonyl (C=O) groups is 2. The number of aromatic amines is 1. The smallest absolute Gasteiger partial charge is 0.271 e. The van der Waals surface area contributed by atoms with Gasteiger partial charge in [-0.25, -0.2) is 0 Å². The third-order valence-electron chi connectivity index (χ3n) is 5.43. The maximum Gasteiger partial charge on any atom is 0.271 e. The summed E-state index contributed by atoms with van der Waals surface area (Å²) >= 11 is 0. The highest BCUT2D eigenvalue weighted by Gasteiger charge is 2.41. The number of nitrogens with one attached hydrogen (secondary N) is 2. The van der Waals surface area contributed by atoms with Crippen LogP contribution in [0.25, 0.3) is 10.9 Å². The minimum absolute atomic E-state index is 0.231. The van der Waals surface area contributed by atoms with Gasteiger partial charge < -0.3 is 29.4 Å². The van der Waals surface area contributed by atoms with Crippen LogP contribution in [0.3, 0.4) is 0 Å². The predicted molar refractivity (Wildman–Crippen MR) is 118 cm³/mol. The average molecular weight is 438 g/mol. The van der Waals surface area contributed by atoms with Crippen LogP contribution in [-0.4, -0.2) is 72.7 Å². The van der Waals surface area contributed by atoms with Crippen molar-refractivity contribution in [2.24, 2.45) is 0 Å². The Morgan fingerprint density at radius 3 is 2.84 bits per heavy atom. The van der Waals surface area contributed by atoms with Crippen LogP contribution in [0.1, 0.15) is 16.9 Å². The van der Waals surface area contributed by atoms with Crippen molar-refractivity contribution in [1.82, 2.24) is 20.2 Å². The Balaban J connectivity index is 1.56. The first-order valence-corrected chi connectivity index (χ1v) is 10.4. The van der Waals surface area contributed by atoms with E-state index in [1.54, 1.807) is 49.7 Å². The van der Waals surface area contributed by atoms with Crippen LogP contribution in [0.4, 0.5) is 0 Å². The summed E-state index contributed by atoms with van der Waals surface area (Å²) in [4.78, 5) is 35.0. The molecule has 0 spiro atoms. The number of carbonyl (C=O) groups excluding carboxylic acids is 2. The van der Waals surface area contributed by atoms with E-state index in [4.69, 9.17) is 14.2 Å². The number of hydrogen-bond donors (Lipinski definition) is 2. The van der Waals surface area contributed by atoms with Gasteiger partial charge in [-0.1, -0.05) is 0 Å². The first kappa shape index (κ1) is 21.6. The SMILES string of the molecule is COCCNC(=O)[C@@H]1C[C@H](Oc2cccnc2)CN1C(=O)c1cc2ccc(OC)cc2[nH]1. The van der Waals surface area contributed by atoms with E-state index in [1.807, 2.05) is 18.2 Å². The van der Waals surface area contributed by atoms with Gasteiger partial charge in [0.2, 0.25) is 5.91 Å². The quantitative estimate of drug-likeness (QED) is 0.521. The number of nitrogens with zero attached hydrogens (tertiary/aromatic N) is 2. The van der Waals surface area contributed by atoms with E-state index in [2.05, 4.69) is 15.3 Å². The van der Waals surface area contributed by atoms with Gasteiger partial charge in [-0.15, -0.1) is 0 Å². The number of H-pyrrole nitrogens is 1. The van der Waals surface area contributed by atoms with E-state index < -0.39 is 6.04 Å². The molecular weight excluding hydrogens is 412 g/mol. The monoisotopic (exact) mass is 438 g/mol. The zero-order valence-corrected chi connectivity index (χ0v) is 18.0. The molecule has 1 fully saturated rings. The normalized spacial score (nSPS) is 18.0. The van der Waals surface area contributed by atoms with E-state index >= 15 is 0 Å². The van der Waals surface area contributed by atoms with Crippen molar-refractivity contribution < 1.29 is 23.8 Å². The molecular formula is C23H26N4O5. The molecule has 32 heavy (non-hydrogen) atoms. The number of rotatable bonds is 8. The Morgan fingerprint density at radius 1 is 1.22 bits per heavy atom. The molecule has 168 valence electrons.